The van der Waals surface area contributed by atoms with Crippen LogP contribution in [0.3, 0.4) is 0 Å². The van der Waals surface area contributed by atoms with Crippen LogP contribution < -0.4 is 10.6 Å². The Morgan fingerprint density at radius 2 is 1.54 bits per heavy atom. The largest absolute Gasteiger partial charge is 0.353 e. The number of carbonyl (C=O) groups is 2. The van der Waals surface area contributed by atoms with Crippen LogP contribution in [0.4, 0.5) is 5.69 Å². The Morgan fingerprint density at radius 1 is 0.923 bits per heavy atom. The summed E-state index contributed by atoms with van der Waals surface area (Å²) in [6, 6.07) is 12.1. The molecule has 0 bridgehead atoms. The third-order valence-corrected chi connectivity index (χ3v) is 4.72. The summed E-state index contributed by atoms with van der Waals surface area (Å²) in [7, 11) is 0. The molecule has 0 aliphatic heterocycles. The summed E-state index contributed by atoms with van der Waals surface area (Å²) in [6.07, 6.45) is 2.93. The minimum atomic E-state index is -0.0284. The van der Waals surface area contributed by atoms with Gasteiger partial charge in [0.05, 0.1) is 12.8 Å². The van der Waals surface area contributed by atoms with Crippen molar-refractivity contribution in [1.29, 1.82) is 0 Å². The smallest absolute Gasteiger partial charge is 0.228 e. The average molecular weight is 350 g/mol. The van der Waals surface area contributed by atoms with Crippen LogP contribution in [-0.4, -0.2) is 17.9 Å². The molecule has 1 aliphatic rings. The fourth-order valence-corrected chi connectivity index (χ4v) is 3.25. The van der Waals surface area contributed by atoms with Crippen LogP contribution in [0.2, 0.25) is 0 Å². The maximum Gasteiger partial charge on any atom is 0.228 e. The number of anilines is 1. The Bertz CT molecular complexity index is 798. The van der Waals surface area contributed by atoms with Crippen molar-refractivity contribution in [3.8, 4) is 0 Å². The lowest BCUT2D eigenvalue weighted by Gasteiger charge is -2.12. The van der Waals surface area contributed by atoms with Gasteiger partial charge in [0.25, 0.3) is 0 Å². The molecule has 4 nitrogen and oxygen atoms in total. The maximum atomic E-state index is 12.4. The molecule has 0 atom stereocenters. The number of amides is 2. The highest BCUT2D eigenvalue weighted by molar-refractivity contribution is 5.92. The van der Waals surface area contributed by atoms with Crippen LogP contribution in [-0.2, 0) is 22.4 Å². The minimum absolute atomic E-state index is 0.0284. The molecule has 0 aromatic heterocycles. The average Bonchev–Trinajstić information content (AvgIpc) is 3.36. The first-order chi connectivity index (χ1) is 12.4. The van der Waals surface area contributed by atoms with Crippen LogP contribution in [0.5, 0.6) is 0 Å². The van der Waals surface area contributed by atoms with Crippen molar-refractivity contribution in [3.63, 3.8) is 0 Å². The summed E-state index contributed by atoms with van der Waals surface area (Å²) in [4.78, 5) is 24.2. The highest BCUT2D eigenvalue weighted by Crippen LogP contribution is 2.20. The number of hydrogen-bond donors (Lipinski definition) is 2. The van der Waals surface area contributed by atoms with Gasteiger partial charge in [0.2, 0.25) is 11.8 Å². The van der Waals surface area contributed by atoms with Gasteiger partial charge in [-0.3, -0.25) is 9.59 Å². The minimum Gasteiger partial charge on any atom is -0.353 e. The number of nitrogens with one attached hydrogen (secondary N) is 2. The molecule has 0 heterocycles. The number of hydrogen-bond acceptors (Lipinski definition) is 2. The van der Waals surface area contributed by atoms with Gasteiger partial charge in [-0.1, -0.05) is 29.8 Å². The highest BCUT2D eigenvalue weighted by atomic mass is 16.2. The summed E-state index contributed by atoms with van der Waals surface area (Å²) in [5, 5.41) is 5.92. The first-order valence-electron chi connectivity index (χ1n) is 9.15. The molecule has 26 heavy (non-hydrogen) atoms. The van der Waals surface area contributed by atoms with Crippen LogP contribution >= 0.6 is 0 Å². The zero-order valence-corrected chi connectivity index (χ0v) is 15.7. The number of carbonyl (C=O) groups excluding carboxylic acids is 2. The van der Waals surface area contributed by atoms with Crippen molar-refractivity contribution in [2.45, 2.75) is 52.5 Å². The van der Waals surface area contributed by atoms with Gasteiger partial charge >= 0.3 is 0 Å². The number of aryl methyl sites for hydroxylation is 3. The highest BCUT2D eigenvalue weighted by Gasteiger charge is 2.23. The first kappa shape index (κ1) is 18.2. The molecule has 1 aliphatic carbocycles. The second-order valence-electron chi connectivity index (χ2n) is 7.32. The SMILES string of the molecule is Cc1cc(C)c(CC(=O)Nc2ccc(CC(=O)NC3CC3)cc2)c(C)c1. The normalized spacial score (nSPS) is 13.3. The summed E-state index contributed by atoms with van der Waals surface area (Å²) in [5.41, 5.74) is 6.30. The van der Waals surface area contributed by atoms with Crippen molar-refractivity contribution < 1.29 is 9.59 Å². The van der Waals surface area contributed by atoms with Gasteiger partial charge in [0.1, 0.15) is 0 Å². The van der Waals surface area contributed by atoms with Crippen LogP contribution in [0, 0.1) is 20.8 Å². The second-order valence-corrected chi connectivity index (χ2v) is 7.32. The van der Waals surface area contributed by atoms with Gasteiger partial charge in [0, 0.05) is 11.7 Å². The fourth-order valence-electron chi connectivity index (χ4n) is 3.25. The van der Waals surface area contributed by atoms with Crippen LogP contribution in [0.25, 0.3) is 0 Å². The molecule has 0 unspecified atom stereocenters. The van der Waals surface area contributed by atoms with E-state index in [-0.39, 0.29) is 11.8 Å². The van der Waals surface area contributed by atoms with E-state index in [0.29, 0.717) is 18.9 Å². The van der Waals surface area contributed by atoms with Gasteiger partial charge in [-0.05, 0) is 68.0 Å². The standard InChI is InChI=1S/C22H26N2O2/c1-14-10-15(2)20(16(3)11-14)13-22(26)24-18-6-4-17(5-7-18)12-21(25)23-19-8-9-19/h4-7,10-11,19H,8-9,12-13H2,1-3H3,(H,23,25)(H,24,26). The van der Waals surface area contributed by atoms with Crippen molar-refractivity contribution in [1.82, 2.24) is 5.32 Å². The van der Waals surface area contributed by atoms with Crippen molar-refractivity contribution in [2.24, 2.45) is 0 Å². The molecule has 2 amide bonds. The topological polar surface area (TPSA) is 58.2 Å². The quantitative estimate of drug-likeness (QED) is 0.836. The van der Waals surface area contributed by atoms with E-state index in [4.69, 9.17) is 0 Å². The lowest BCUT2D eigenvalue weighted by Crippen LogP contribution is -2.26. The van der Waals surface area contributed by atoms with E-state index in [1.165, 1.54) is 5.56 Å². The molecule has 3 rings (SSSR count). The molecular weight excluding hydrogens is 324 g/mol. The molecule has 2 N–H and O–H groups in total. The second kappa shape index (κ2) is 7.73. The van der Waals surface area contributed by atoms with E-state index in [0.717, 1.165) is 40.8 Å². The molecule has 1 saturated carbocycles. The van der Waals surface area contributed by atoms with E-state index in [9.17, 15) is 9.59 Å². The van der Waals surface area contributed by atoms with Gasteiger partial charge in [0.15, 0.2) is 0 Å². The van der Waals surface area contributed by atoms with E-state index >= 15 is 0 Å². The predicted molar refractivity (Wildman–Crippen MR) is 104 cm³/mol. The van der Waals surface area contributed by atoms with E-state index < -0.39 is 0 Å². The van der Waals surface area contributed by atoms with E-state index in [2.05, 4.69) is 29.7 Å². The van der Waals surface area contributed by atoms with Crippen LogP contribution in [0.15, 0.2) is 36.4 Å². The van der Waals surface area contributed by atoms with Crippen molar-refractivity contribution >= 4 is 17.5 Å². The zero-order chi connectivity index (χ0) is 18.7. The van der Waals surface area contributed by atoms with E-state index in [1.807, 2.05) is 38.1 Å². The molecule has 0 spiro atoms. The fraction of sp³-hybridized carbons (Fsp3) is 0.364. The van der Waals surface area contributed by atoms with Gasteiger partial charge in [-0.25, -0.2) is 0 Å². The van der Waals surface area contributed by atoms with Crippen molar-refractivity contribution in [3.05, 3.63) is 64.2 Å². The van der Waals surface area contributed by atoms with Crippen molar-refractivity contribution in [2.75, 3.05) is 5.32 Å². The van der Waals surface area contributed by atoms with E-state index in [1.54, 1.807) is 0 Å². The number of rotatable bonds is 6. The third-order valence-electron chi connectivity index (χ3n) is 4.72. The lowest BCUT2D eigenvalue weighted by molar-refractivity contribution is -0.120. The zero-order valence-electron chi connectivity index (χ0n) is 15.7. The van der Waals surface area contributed by atoms with Gasteiger partial charge in [-0.2, -0.15) is 0 Å². The summed E-state index contributed by atoms with van der Waals surface area (Å²) in [5.74, 6) is 0.0360. The molecule has 2 aromatic carbocycles. The van der Waals surface area contributed by atoms with Crippen LogP contribution in [0.1, 0.15) is 40.7 Å². The molecule has 2 aromatic rings. The Labute approximate surface area is 155 Å². The Balaban J connectivity index is 1.56. The van der Waals surface area contributed by atoms with Gasteiger partial charge in [-0.15, -0.1) is 0 Å². The number of benzene rings is 2. The van der Waals surface area contributed by atoms with Gasteiger partial charge < -0.3 is 10.6 Å². The monoisotopic (exact) mass is 350 g/mol. The maximum absolute atomic E-state index is 12.4. The lowest BCUT2D eigenvalue weighted by atomic mass is 9.97. The molecule has 0 radical (unpaired) electrons. The molecule has 4 heteroatoms. The third kappa shape index (κ3) is 4.94. The molecule has 1 fully saturated rings. The Hall–Kier alpha value is -2.62. The molecule has 136 valence electrons. The summed E-state index contributed by atoms with van der Waals surface area (Å²) >= 11 is 0. The Morgan fingerprint density at radius 3 is 2.12 bits per heavy atom. The first-order valence-corrected chi connectivity index (χ1v) is 9.15. The molecular formula is C22H26N2O2. The summed E-state index contributed by atoms with van der Waals surface area (Å²) < 4.78 is 0. The predicted octanol–water partition coefficient (Wildman–Crippen LogP) is 3.61. The Kier molecular flexibility index (Phi) is 5.40. The summed E-state index contributed by atoms with van der Waals surface area (Å²) in [6.45, 7) is 6.16. The molecule has 0 saturated heterocycles.